The van der Waals surface area contributed by atoms with Crippen LogP contribution in [0.25, 0.3) is 0 Å². The Morgan fingerprint density at radius 2 is 2.20 bits per heavy atom. The summed E-state index contributed by atoms with van der Waals surface area (Å²) < 4.78 is 14.1. The molecule has 0 heterocycles. The maximum Gasteiger partial charge on any atom is 0.330 e. The molecule has 10 heavy (non-hydrogen) atoms. The van der Waals surface area contributed by atoms with Crippen molar-refractivity contribution >= 4 is 5.97 Å². The van der Waals surface area contributed by atoms with E-state index in [1.54, 1.807) is 0 Å². The summed E-state index contributed by atoms with van der Waals surface area (Å²) in [5, 5.41) is 0. The van der Waals surface area contributed by atoms with Crippen LogP contribution in [0.15, 0.2) is 12.7 Å². The van der Waals surface area contributed by atoms with E-state index >= 15 is 0 Å². The van der Waals surface area contributed by atoms with Gasteiger partial charge in [0, 0.05) is 6.08 Å². The molecule has 2 nitrogen and oxygen atoms in total. The van der Waals surface area contributed by atoms with Gasteiger partial charge in [-0.25, -0.2) is 4.79 Å². The van der Waals surface area contributed by atoms with Crippen LogP contribution in [0.1, 0.15) is 13.3 Å². The summed E-state index contributed by atoms with van der Waals surface area (Å²) in [4.78, 5) is 10.2. The first-order valence-electron chi connectivity index (χ1n) is 2.98. The first kappa shape index (κ1) is 11.9. The van der Waals surface area contributed by atoms with E-state index in [2.05, 4.69) is 11.3 Å². The van der Waals surface area contributed by atoms with Crippen LogP contribution in [0.3, 0.4) is 0 Å². The van der Waals surface area contributed by atoms with Crippen molar-refractivity contribution in [3.8, 4) is 0 Å². The summed E-state index contributed by atoms with van der Waals surface area (Å²) in [6, 6.07) is 0. The highest BCUT2D eigenvalue weighted by Crippen LogP contribution is 1.81. The zero-order valence-corrected chi connectivity index (χ0v) is 6.39. The molecule has 0 spiro atoms. The molecule has 0 N–H and O–H groups in total. The van der Waals surface area contributed by atoms with E-state index in [0.29, 0.717) is 13.8 Å². The van der Waals surface area contributed by atoms with Crippen LogP contribution in [0.4, 0.5) is 4.39 Å². The summed E-state index contributed by atoms with van der Waals surface area (Å²) in [7, 11) is 0.500. The normalized spacial score (nSPS) is 7.10. The molecule has 0 aliphatic rings. The van der Waals surface area contributed by atoms with Gasteiger partial charge in [-0.1, -0.05) is 13.5 Å². The number of ether oxygens (including phenoxy) is 1. The van der Waals surface area contributed by atoms with Gasteiger partial charge in [0.2, 0.25) is 0 Å². The van der Waals surface area contributed by atoms with Gasteiger partial charge >= 0.3 is 5.97 Å². The minimum atomic E-state index is -0.341. The minimum Gasteiger partial charge on any atom is -0.463 e. The smallest absolute Gasteiger partial charge is 0.330 e. The number of hydrogen-bond donors (Lipinski definition) is 0. The van der Waals surface area contributed by atoms with E-state index < -0.39 is 0 Å². The van der Waals surface area contributed by atoms with Crippen molar-refractivity contribution < 1.29 is 13.9 Å². The quantitative estimate of drug-likeness (QED) is 0.450. The summed E-state index contributed by atoms with van der Waals surface area (Å²) in [5.74, 6) is -0.341. The predicted molar refractivity (Wildman–Crippen MR) is 38.5 cm³/mol. The van der Waals surface area contributed by atoms with Crippen LogP contribution in [-0.2, 0) is 9.53 Å². The number of carbonyl (C=O) groups excluding carboxylic acids is 1. The van der Waals surface area contributed by atoms with Gasteiger partial charge in [0.15, 0.2) is 0 Å². The first-order chi connectivity index (χ1) is 4.81. The lowest BCUT2D eigenvalue weighted by Crippen LogP contribution is -1.99. The van der Waals surface area contributed by atoms with Crippen LogP contribution in [-0.4, -0.2) is 19.8 Å². The molecule has 0 aromatic rings. The third-order valence-electron chi connectivity index (χ3n) is 0.615. The van der Waals surface area contributed by atoms with E-state index in [1.165, 1.54) is 0 Å². The fourth-order valence-electron chi connectivity index (χ4n) is 0.262. The zero-order valence-electron chi connectivity index (χ0n) is 6.39. The number of esters is 1. The third kappa shape index (κ3) is 10.2. The van der Waals surface area contributed by atoms with E-state index in [1.807, 2.05) is 6.92 Å². The number of alkyl halides is 1. The van der Waals surface area contributed by atoms with Gasteiger partial charge in [0.1, 0.15) is 0 Å². The molecule has 0 rings (SSSR count). The Kier molecular flexibility index (Phi) is 13.1. The summed E-state index contributed by atoms with van der Waals surface area (Å²) in [6.07, 6.45) is 2.02. The first-order valence-corrected chi connectivity index (χ1v) is 2.98. The predicted octanol–water partition coefficient (Wildman–Crippen LogP) is 1.71. The van der Waals surface area contributed by atoms with E-state index in [4.69, 9.17) is 0 Å². The standard InChI is InChI=1S/C6H10O2.CH3F/c1-3-5-8-6(7)4-2;1-2/h4H,2-3,5H2,1H3;1H3. The van der Waals surface area contributed by atoms with Gasteiger partial charge in [-0.15, -0.1) is 0 Å². The summed E-state index contributed by atoms with van der Waals surface area (Å²) >= 11 is 0. The average molecular weight is 148 g/mol. The molecule has 3 heteroatoms. The molecule has 0 aliphatic heterocycles. The van der Waals surface area contributed by atoms with E-state index in [-0.39, 0.29) is 5.97 Å². The van der Waals surface area contributed by atoms with Crippen LogP contribution < -0.4 is 0 Å². The van der Waals surface area contributed by atoms with Crippen LogP contribution in [0.2, 0.25) is 0 Å². The van der Waals surface area contributed by atoms with Crippen molar-refractivity contribution in [1.82, 2.24) is 0 Å². The van der Waals surface area contributed by atoms with Gasteiger partial charge < -0.3 is 4.74 Å². The largest absolute Gasteiger partial charge is 0.463 e. The SMILES string of the molecule is C=CC(=O)OCCC.CF. The van der Waals surface area contributed by atoms with Gasteiger partial charge in [0.05, 0.1) is 13.8 Å². The monoisotopic (exact) mass is 148 g/mol. The number of carbonyl (C=O) groups is 1. The third-order valence-corrected chi connectivity index (χ3v) is 0.615. The van der Waals surface area contributed by atoms with E-state index in [0.717, 1.165) is 12.5 Å². The van der Waals surface area contributed by atoms with Gasteiger partial charge in [-0.05, 0) is 6.42 Å². The molecular weight excluding hydrogens is 135 g/mol. The van der Waals surface area contributed by atoms with Gasteiger partial charge in [0.25, 0.3) is 0 Å². The Balaban J connectivity index is 0. The Bertz CT molecular complexity index is 91.6. The highest BCUT2D eigenvalue weighted by molar-refractivity contribution is 5.81. The Hall–Kier alpha value is -0.860. The lowest BCUT2D eigenvalue weighted by Gasteiger charge is -1.94. The van der Waals surface area contributed by atoms with Crippen LogP contribution in [0.5, 0.6) is 0 Å². The molecule has 0 bridgehead atoms. The topological polar surface area (TPSA) is 26.3 Å². The maximum absolute atomic E-state index is 10.2. The van der Waals surface area contributed by atoms with E-state index in [9.17, 15) is 9.18 Å². The second kappa shape index (κ2) is 11.0. The second-order valence-electron chi connectivity index (χ2n) is 1.37. The fraction of sp³-hybridized carbons (Fsp3) is 0.571. The van der Waals surface area contributed by atoms with Crippen molar-refractivity contribution in [2.24, 2.45) is 0 Å². The average Bonchev–Trinajstić information content (AvgIpc) is 2.04. The summed E-state index contributed by atoms with van der Waals surface area (Å²) in [5.41, 5.74) is 0. The van der Waals surface area contributed by atoms with Gasteiger partial charge in [-0.3, -0.25) is 4.39 Å². The van der Waals surface area contributed by atoms with Crippen molar-refractivity contribution in [3.05, 3.63) is 12.7 Å². The second-order valence-corrected chi connectivity index (χ2v) is 1.37. The number of halogens is 1. The molecular formula is C7H13FO2. The molecule has 0 aromatic carbocycles. The molecule has 60 valence electrons. The lowest BCUT2D eigenvalue weighted by atomic mass is 10.5. The molecule has 0 radical (unpaired) electrons. The van der Waals surface area contributed by atoms with Gasteiger partial charge in [-0.2, -0.15) is 0 Å². The highest BCUT2D eigenvalue weighted by Gasteiger charge is 1.89. The van der Waals surface area contributed by atoms with Crippen LogP contribution >= 0.6 is 0 Å². The highest BCUT2D eigenvalue weighted by atomic mass is 19.1. The molecule has 0 fully saturated rings. The van der Waals surface area contributed by atoms with Crippen molar-refractivity contribution in [2.75, 3.05) is 13.8 Å². The van der Waals surface area contributed by atoms with Crippen molar-refractivity contribution in [1.29, 1.82) is 0 Å². The van der Waals surface area contributed by atoms with Crippen molar-refractivity contribution in [2.45, 2.75) is 13.3 Å². The van der Waals surface area contributed by atoms with Crippen molar-refractivity contribution in [3.63, 3.8) is 0 Å². The molecule has 0 unspecified atom stereocenters. The fourth-order valence-corrected chi connectivity index (χ4v) is 0.262. The molecule has 0 amide bonds. The molecule has 0 saturated heterocycles. The molecule has 0 aliphatic carbocycles. The lowest BCUT2D eigenvalue weighted by molar-refractivity contribution is -0.137. The van der Waals surface area contributed by atoms with Crippen LogP contribution in [0, 0.1) is 0 Å². The summed E-state index contributed by atoms with van der Waals surface area (Å²) in [6.45, 7) is 5.67. The minimum absolute atomic E-state index is 0.341. The molecule has 0 atom stereocenters. The Labute approximate surface area is 60.7 Å². The maximum atomic E-state index is 10.2. The number of hydrogen-bond acceptors (Lipinski definition) is 2. The Morgan fingerprint density at radius 1 is 1.70 bits per heavy atom. The molecule has 0 saturated carbocycles. The Morgan fingerprint density at radius 3 is 2.50 bits per heavy atom. The molecule has 0 aromatic heterocycles. The zero-order chi connectivity index (χ0) is 8.41. The number of rotatable bonds is 3.